The second kappa shape index (κ2) is 7.21. The molecule has 2 aromatic heterocycles. The molecule has 7 nitrogen and oxygen atoms in total. The van der Waals surface area contributed by atoms with Crippen LogP contribution in [0.25, 0.3) is 0 Å². The lowest BCUT2D eigenvalue weighted by Gasteiger charge is -2.39. The molecule has 4 heterocycles. The SMILES string of the molecule is CCCN1CCC[C@]2(CCN(C(=O)c3ccc(Cn4ccnc4)o3)C2)C1=O. The van der Waals surface area contributed by atoms with Crippen molar-refractivity contribution < 1.29 is 14.0 Å². The van der Waals surface area contributed by atoms with Gasteiger partial charge in [0.15, 0.2) is 5.76 Å². The van der Waals surface area contributed by atoms with Gasteiger partial charge in [-0.3, -0.25) is 9.59 Å². The Morgan fingerprint density at radius 3 is 2.96 bits per heavy atom. The number of hydrogen-bond donors (Lipinski definition) is 0. The van der Waals surface area contributed by atoms with Crippen molar-refractivity contribution in [3.63, 3.8) is 0 Å². The van der Waals surface area contributed by atoms with E-state index in [2.05, 4.69) is 11.9 Å². The Morgan fingerprint density at radius 2 is 2.19 bits per heavy atom. The molecule has 1 atom stereocenters. The van der Waals surface area contributed by atoms with Crippen LogP contribution < -0.4 is 0 Å². The first-order valence-electron chi connectivity index (χ1n) is 9.74. The third-order valence-electron chi connectivity index (χ3n) is 5.73. The summed E-state index contributed by atoms with van der Waals surface area (Å²) in [7, 11) is 0. The molecule has 2 aromatic rings. The molecule has 0 aromatic carbocycles. The van der Waals surface area contributed by atoms with E-state index in [0.717, 1.165) is 38.8 Å². The van der Waals surface area contributed by atoms with Crippen LogP contribution in [0.3, 0.4) is 0 Å². The number of imidazole rings is 1. The van der Waals surface area contributed by atoms with Gasteiger partial charge in [0.05, 0.1) is 18.3 Å². The van der Waals surface area contributed by atoms with E-state index in [1.165, 1.54) is 0 Å². The van der Waals surface area contributed by atoms with Gasteiger partial charge in [-0.1, -0.05) is 6.92 Å². The van der Waals surface area contributed by atoms with E-state index in [4.69, 9.17) is 4.42 Å². The zero-order valence-corrected chi connectivity index (χ0v) is 15.8. The number of rotatable bonds is 5. The maximum atomic E-state index is 13.0. The zero-order valence-electron chi connectivity index (χ0n) is 15.8. The predicted molar refractivity (Wildman–Crippen MR) is 99.1 cm³/mol. The number of piperidine rings is 1. The Balaban J connectivity index is 1.43. The molecule has 0 radical (unpaired) electrons. The first-order chi connectivity index (χ1) is 13.1. The number of amides is 2. The van der Waals surface area contributed by atoms with Gasteiger partial charge in [0.25, 0.3) is 5.91 Å². The molecule has 7 heteroatoms. The van der Waals surface area contributed by atoms with Gasteiger partial charge in [-0.2, -0.15) is 0 Å². The quantitative estimate of drug-likeness (QED) is 0.810. The third kappa shape index (κ3) is 3.38. The standard InChI is InChI=1S/C20H26N4O3/c1-2-9-23-10-3-6-20(19(23)26)7-11-24(14-20)18(25)17-5-4-16(27-17)13-22-12-8-21-15-22/h4-5,8,12,15H,2-3,6-7,9-11,13-14H2,1H3/t20-/m1/s1. The summed E-state index contributed by atoms with van der Waals surface area (Å²) in [5.74, 6) is 1.17. The van der Waals surface area contributed by atoms with E-state index in [9.17, 15) is 9.59 Å². The minimum absolute atomic E-state index is 0.121. The van der Waals surface area contributed by atoms with Gasteiger partial charge in [-0.25, -0.2) is 4.98 Å². The Bertz CT molecular complexity index is 811. The summed E-state index contributed by atoms with van der Waals surface area (Å²) < 4.78 is 7.65. The van der Waals surface area contributed by atoms with Crippen LogP contribution in [0.4, 0.5) is 0 Å². The summed E-state index contributed by atoms with van der Waals surface area (Å²) in [4.78, 5) is 33.6. The highest BCUT2D eigenvalue weighted by molar-refractivity contribution is 5.93. The third-order valence-corrected chi connectivity index (χ3v) is 5.73. The van der Waals surface area contributed by atoms with Crippen molar-refractivity contribution in [2.24, 2.45) is 5.41 Å². The Morgan fingerprint density at radius 1 is 1.30 bits per heavy atom. The molecule has 2 amide bonds. The van der Waals surface area contributed by atoms with E-state index in [1.807, 2.05) is 21.7 Å². The Kier molecular flexibility index (Phi) is 4.76. The number of carbonyl (C=O) groups excluding carboxylic acids is 2. The fourth-order valence-electron chi connectivity index (χ4n) is 4.35. The van der Waals surface area contributed by atoms with Gasteiger partial charge in [-0.15, -0.1) is 0 Å². The first kappa shape index (κ1) is 17.8. The highest BCUT2D eigenvalue weighted by atomic mass is 16.4. The fourth-order valence-corrected chi connectivity index (χ4v) is 4.35. The van der Waals surface area contributed by atoms with Gasteiger partial charge in [-0.05, 0) is 37.8 Å². The monoisotopic (exact) mass is 370 g/mol. The van der Waals surface area contributed by atoms with Crippen LogP contribution in [0.2, 0.25) is 0 Å². The highest BCUT2D eigenvalue weighted by Crippen LogP contribution is 2.40. The predicted octanol–water partition coefficient (Wildman–Crippen LogP) is 2.39. The molecular weight excluding hydrogens is 344 g/mol. The molecule has 2 aliphatic heterocycles. The second-order valence-electron chi connectivity index (χ2n) is 7.65. The molecule has 0 N–H and O–H groups in total. The van der Waals surface area contributed by atoms with Crippen molar-refractivity contribution in [3.05, 3.63) is 42.4 Å². The van der Waals surface area contributed by atoms with E-state index >= 15 is 0 Å². The van der Waals surface area contributed by atoms with Crippen LogP contribution in [0.1, 0.15) is 48.9 Å². The van der Waals surface area contributed by atoms with Crippen molar-refractivity contribution in [2.75, 3.05) is 26.2 Å². The van der Waals surface area contributed by atoms with Crippen LogP contribution in [0.5, 0.6) is 0 Å². The average Bonchev–Trinajstić information content (AvgIpc) is 3.41. The molecule has 0 unspecified atom stereocenters. The molecule has 2 saturated heterocycles. The van der Waals surface area contributed by atoms with Crippen LogP contribution >= 0.6 is 0 Å². The molecule has 1 spiro atoms. The topological polar surface area (TPSA) is 71.6 Å². The fraction of sp³-hybridized carbons (Fsp3) is 0.550. The lowest BCUT2D eigenvalue weighted by Crippen LogP contribution is -2.50. The number of likely N-dealkylation sites (tertiary alicyclic amines) is 2. The van der Waals surface area contributed by atoms with Gasteiger partial charge in [0.2, 0.25) is 5.91 Å². The van der Waals surface area contributed by atoms with E-state index in [0.29, 0.717) is 31.2 Å². The minimum atomic E-state index is -0.394. The molecule has 2 fully saturated rings. The highest BCUT2D eigenvalue weighted by Gasteiger charge is 2.49. The first-order valence-corrected chi connectivity index (χ1v) is 9.74. The molecule has 2 aliphatic rings. The summed E-state index contributed by atoms with van der Waals surface area (Å²) in [5.41, 5.74) is -0.394. The van der Waals surface area contributed by atoms with E-state index < -0.39 is 5.41 Å². The lowest BCUT2D eigenvalue weighted by atomic mass is 9.78. The maximum absolute atomic E-state index is 13.0. The number of aromatic nitrogens is 2. The number of carbonyl (C=O) groups is 2. The second-order valence-corrected chi connectivity index (χ2v) is 7.65. The lowest BCUT2D eigenvalue weighted by molar-refractivity contribution is -0.145. The van der Waals surface area contributed by atoms with Crippen molar-refractivity contribution in [3.8, 4) is 0 Å². The van der Waals surface area contributed by atoms with Crippen molar-refractivity contribution in [1.29, 1.82) is 0 Å². The van der Waals surface area contributed by atoms with Gasteiger partial charge < -0.3 is 18.8 Å². The summed E-state index contributed by atoms with van der Waals surface area (Å²) in [6.45, 7) is 5.41. The average molecular weight is 370 g/mol. The summed E-state index contributed by atoms with van der Waals surface area (Å²) >= 11 is 0. The van der Waals surface area contributed by atoms with Crippen molar-refractivity contribution >= 4 is 11.8 Å². The van der Waals surface area contributed by atoms with E-state index in [-0.39, 0.29) is 11.8 Å². The minimum Gasteiger partial charge on any atom is -0.454 e. The van der Waals surface area contributed by atoms with Gasteiger partial charge >= 0.3 is 0 Å². The summed E-state index contributed by atoms with van der Waals surface area (Å²) in [6, 6.07) is 3.56. The van der Waals surface area contributed by atoms with Gasteiger partial charge in [0, 0.05) is 38.6 Å². The molecule has 27 heavy (non-hydrogen) atoms. The summed E-state index contributed by atoms with van der Waals surface area (Å²) in [5, 5.41) is 0. The molecule has 4 rings (SSSR count). The van der Waals surface area contributed by atoms with Gasteiger partial charge in [0.1, 0.15) is 5.76 Å². The maximum Gasteiger partial charge on any atom is 0.289 e. The number of furan rings is 1. The van der Waals surface area contributed by atoms with Crippen LogP contribution in [-0.2, 0) is 11.3 Å². The molecular formula is C20H26N4O3. The van der Waals surface area contributed by atoms with Crippen LogP contribution in [0, 0.1) is 5.41 Å². The van der Waals surface area contributed by atoms with Crippen molar-refractivity contribution in [2.45, 2.75) is 39.2 Å². The molecule has 0 aliphatic carbocycles. The molecule has 144 valence electrons. The van der Waals surface area contributed by atoms with Crippen molar-refractivity contribution in [1.82, 2.24) is 19.4 Å². The molecule has 0 bridgehead atoms. The Labute approximate surface area is 158 Å². The van der Waals surface area contributed by atoms with E-state index in [1.54, 1.807) is 23.5 Å². The van der Waals surface area contributed by atoms with Crippen LogP contribution in [0.15, 0.2) is 35.3 Å². The van der Waals surface area contributed by atoms with Crippen LogP contribution in [-0.4, -0.2) is 57.3 Å². The molecule has 0 saturated carbocycles. The largest absolute Gasteiger partial charge is 0.454 e. The number of nitrogens with zero attached hydrogens (tertiary/aromatic N) is 4. The normalized spacial score (nSPS) is 22.8. The number of hydrogen-bond acceptors (Lipinski definition) is 4. The summed E-state index contributed by atoms with van der Waals surface area (Å²) in [6.07, 6.45) is 8.89. The Hall–Kier alpha value is -2.57. The zero-order chi connectivity index (χ0) is 18.9. The smallest absolute Gasteiger partial charge is 0.289 e.